The first-order valence-electron chi connectivity index (χ1n) is 6.67. The predicted molar refractivity (Wildman–Crippen MR) is 83.0 cm³/mol. The van der Waals surface area contributed by atoms with E-state index in [1.807, 2.05) is 19.2 Å². The van der Waals surface area contributed by atoms with Gasteiger partial charge in [-0.15, -0.1) is 0 Å². The fraction of sp³-hybridized carbons (Fsp3) is 0.294. The van der Waals surface area contributed by atoms with Crippen LogP contribution in [0.5, 0.6) is 0 Å². The van der Waals surface area contributed by atoms with Crippen molar-refractivity contribution in [2.45, 2.75) is 19.3 Å². The van der Waals surface area contributed by atoms with Crippen molar-refractivity contribution in [3.05, 3.63) is 70.2 Å². The van der Waals surface area contributed by atoms with Crippen molar-refractivity contribution in [1.29, 1.82) is 0 Å². The highest BCUT2D eigenvalue weighted by Gasteiger charge is 2.13. The summed E-state index contributed by atoms with van der Waals surface area (Å²) in [5.74, 6) is 0.395. The van der Waals surface area contributed by atoms with Gasteiger partial charge in [-0.3, -0.25) is 0 Å². The molecule has 1 nitrogen and oxygen atoms in total. The van der Waals surface area contributed by atoms with E-state index in [4.69, 9.17) is 11.6 Å². The first kappa shape index (κ1) is 14.1. The zero-order valence-corrected chi connectivity index (χ0v) is 12.2. The molecule has 0 saturated carbocycles. The summed E-state index contributed by atoms with van der Waals surface area (Å²) in [5.41, 5.74) is 3.93. The smallest absolute Gasteiger partial charge is 0.0408 e. The van der Waals surface area contributed by atoms with Crippen LogP contribution in [-0.4, -0.2) is 13.6 Å². The molecule has 2 heteroatoms. The quantitative estimate of drug-likeness (QED) is 0.852. The molecule has 2 aromatic rings. The third-order valence-corrected chi connectivity index (χ3v) is 3.65. The highest BCUT2D eigenvalue weighted by Crippen LogP contribution is 2.29. The summed E-state index contributed by atoms with van der Waals surface area (Å²) in [7, 11) is 1.99. The summed E-state index contributed by atoms with van der Waals surface area (Å²) in [5, 5.41) is 4.04. The van der Waals surface area contributed by atoms with Crippen LogP contribution in [0.2, 0.25) is 5.02 Å². The SMILES string of the molecule is CNCCC(c1ccc(C)cc1)c1cccc(Cl)c1. The molecule has 0 radical (unpaired) electrons. The number of hydrogen-bond donors (Lipinski definition) is 1. The lowest BCUT2D eigenvalue weighted by atomic mass is 9.88. The Morgan fingerprint density at radius 2 is 1.79 bits per heavy atom. The molecule has 0 aliphatic carbocycles. The van der Waals surface area contributed by atoms with Crippen molar-refractivity contribution >= 4 is 11.6 Å². The average Bonchev–Trinajstić information content (AvgIpc) is 2.41. The second-order valence-corrected chi connectivity index (χ2v) is 5.35. The van der Waals surface area contributed by atoms with E-state index in [0.29, 0.717) is 5.92 Å². The second kappa shape index (κ2) is 6.74. The zero-order chi connectivity index (χ0) is 13.7. The van der Waals surface area contributed by atoms with Gasteiger partial charge in [-0.1, -0.05) is 53.6 Å². The van der Waals surface area contributed by atoms with E-state index in [2.05, 4.69) is 48.6 Å². The van der Waals surface area contributed by atoms with Gasteiger partial charge in [0.15, 0.2) is 0 Å². The molecule has 0 aromatic heterocycles. The summed E-state index contributed by atoms with van der Waals surface area (Å²) in [6.07, 6.45) is 1.07. The maximum Gasteiger partial charge on any atom is 0.0408 e. The van der Waals surface area contributed by atoms with E-state index in [0.717, 1.165) is 18.0 Å². The van der Waals surface area contributed by atoms with Crippen molar-refractivity contribution in [2.24, 2.45) is 0 Å². The summed E-state index contributed by atoms with van der Waals surface area (Å²) >= 11 is 6.12. The van der Waals surface area contributed by atoms with Crippen LogP contribution < -0.4 is 5.32 Å². The summed E-state index contributed by atoms with van der Waals surface area (Å²) < 4.78 is 0. The van der Waals surface area contributed by atoms with E-state index in [-0.39, 0.29) is 0 Å². The molecule has 0 heterocycles. The first-order chi connectivity index (χ1) is 9.20. The summed E-state index contributed by atoms with van der Waals surface area (Å²) in [4.78, 5) is 0. The van der Waals surface area contributed by atoms with Gasteiger partial charge in [0.1, 0.15) is 0 Å². The number of nitrogens with one attached hydrogen (secondary N) is 1. The fourth-order valence-electron chi connectivity index (χ4n) is 2.34. The molecule has 1 atom stereocenters. The maximum atomic E-state index is 6.12. The summed E-state index contributed by atoms with van der Waals surface area (Å²) in [6.45, 7) is 3.11. The van der Waals surface area contributed by atoms with Crippen molar-refractivity contribution in [2.75, 3.05) is 13.6 Å². The van der Waals surface area contributed by atoms with Gasteiger partial charge in [0.2, 0.25) is 0 Å². The molecule has 0 fully saturated rings. The van der Waals surface area contributed by atoms with Gasteiger partial charge >= 0.3 is 0 Å². The molecule has 0 amide bonds. The van der Waals surface area contributed by atoms with Crippen LogP contribution in [-0.2, 0) is 0 Å². The van der Waals surface area contributed by atoms with Crippen LogP contribution in [0.4, 0.5) is 0 Å². The normalized spacial score (nSPS) is 12.4. The van der Waals surface area contributed by atoms with Crippen LogP contribution in [0, 0.1) is 6.92 Å². The molecule has 1 unspecified atom stereocenters. The summed E-state index contributed by atoms with van der Waals surface area (Å²) in [6, 6.07) is 17.0. The zero-order valence-electron chi connectivity index (χ0n) is 11.5. The van der Waals surface area contributed by atoms with Crippen molar-refractivity contribution in [1.82, 2.24) is 5.32 Å². The highest BCUT2D eigenvalue weighted by molar-refractivity contribution is 6.30. The molecular weight excluding hydrogens is 254 g/mol. The van der Waals surface area contributed by atoms with Gasteiger partial charge in [0, 0.05) is 10.9 Å². The van der Waals surface area contributed by atoms with Crippen LogP contribution in [0.1, 0.15) is 29.0 Å². The first-order valence-corrected chi connectivity index (χ1v) is 7.05. The van der Waals surface area contributed by atoms with Crippen molar-refractivity contribution in [3.8, 4) is 0 Å². The van der Waals surface area contributed by atoms with E-state index in [1.54, 1.807) is 0 Å². The van der Waals surface area contributed by atoms with Crippen LogP contribution in [0.25, 0.3) is 0 Å². The van der Waals surface area contributed by atoms with Crippen molar-refractivity contribution in [3.63, 3.8) is 0 Å². The van der Waals surface area contributed by atoms with E-state index >= 15 is 0 Å². The molecule has 0 saturated heterocycles. The van der Waals surface area contributed by atoms with Gasteiger partial charge in [0.25, 0.3) is 0 Å². The molecule has 0 aliphatic heterocycles. The number of benzene rings is 2. The van der Waals surface area contributed by atoms with Gasteiger partial charge in [0.05, 0.1) is 0 Å². The molecule has 0 spiro atoms. The minimum Gasteiger partial charge on any atom is -0.320 e. The standard InChI is InChI=1S/C17H20ClN/c1-13-6-8-14(9-7-13)17(10-11-19-2)15-4-3-5-16(18)12-15/h3-9,12,17,19H,10-11H2,1-2H3. The minimum absolute atomic E-state index is 0.395. The molecule has 100 valence electrons. The Balaban J connectivity index is 2.32. The molecule has 2 aromatic carbocycles. The lowest BCUT2D eigenvalue weighted by molar-refractivity contribution is 0.661. The minimum atomic E-state index is 0.395. The van der Waals surface area contributed by atoms with Crippen LogP contribution >= 0.6 is 11.6 Å². The third kappa shape index (κ3) is 3.82. The Bertz CT molecular complexity index is 519. The Morgan fingerprint density at radius 1 is 1.05 bits per heavy atom. The van der Waals surface area contributed by atoms with Gasteiger partial charge < -0.3 is 5.32 Å². The number of rotatable bonds is 5. The van der Waals surface area contributed by atoms with Gasteiger partial charge in [-0.2, -0.15) is 0 Å². The molecule has 2 rings (SSSR count). The van der Waals surface area contributed by atoms with E-state index in [9.17, 15) is 0 Å². The van der Waals surface area contributed by atoms with Gasteiger partial charge in [-0.25, -0.2) is 0 Å². The second-order valence-electron chi connectivity index (χ2n) is 4.91. The van der Waals surface area contributed by atoms with Crippen molar-refractivity contribution < 1.29 is 0 Å². The number of halogens is 1. The highest BCUT2D eigenvalue weighted by atomic mass is 35.5. The largest absolute Gasteiger partial charge is 0.320 e. The Hall–Kier alpha value is -1.31. The Morgan fingerprint density at radius 3 is 2.42 bits per heavy atom. The van der Waals surface area contributed by atoms with Crippen LogP contribution in [0.3, 0.4) is 0 Å². The molecule has 1 N–H and O–H groups in total. The molecule has 0 bridgehead atoms. The molecule has 19 heavy (non-hydrogen) atoms. The van der Waals surface area contributed by atoms with E-state index in [1.165, 1.54) is 16.7 Å². The fourth-order valence-corrected chi connectivity index (χ4v) is 2.54. The Kier molecular flexibility index (Phi) is 5.00. The van der Waals surface area contributed by atoms with Crippen LogP contribution in [0.15, 0.2) is 48.5 Å². The van der Waals surface area contributed by atoms with Gasteiger partial charge in [-0.05, 0) is 50.2 Å². The lowest BCUT2D eigenvalue weighted by Crippen LogP contribution is -2.13. The molecular formula is C17H20ClN. The maximum absolute atomic E-state index is 6.12. The molecule has 0 aliphatic rings. The lowest BCUT2D eigenvalue weighted by Gasteiger charge is -2.18. The number of aryl methyl sites for hydroxylation is 1. The number of hydrogen-bond acceptors (Lipinski definition) is 1. The predicted octanol–water partition coefficient (Wildman–Crippen LogP) is 4.39. The van der Waals surface area contributed by atoms with E-state index < -0.39 is 0 Å². The Labute approximate surface area is 120 Å². The third-order valence-electron chi connectivity index (χ3n) is 3.41. The average molecular weight is 274 g/mol. The monoisotopic (exact) mass is 273 g/mol. The topological polar surface area (TPSA) is 12.0 Å².